The van der Waals surface area contributed by atoms with Gasteiger partial charge in [-0.15, -0.1) is 0 Å². The highest BCUT2D eigenvalue weighted by molar-refractivity contribution is 6.77. The summed E-state index contributed by atoms with van der Waals surface area (Å²) in [5.74, 6) is 0. The van der Waals surface area contributed by atoms with Gasteiger partial charge in [0.05, 0.1) is 11.7 Å². The summed E-state index contributed by atoms with van der Waals surface area (Å²) in [5.41, 5.74) is 4.88. The van der Waals surface area contributed by atoms with Gasteiger partial charge in [0, 0.05) is 16.8 Å². The molecule has 2 nitrogen and oxygen atoms in total. The van der Waals surface area contributed by atoms with Crippen LogP contribution >= 0.6 is 23.2 Å². The van der Waals surface area contributed by atoms with Crippen LogP contribution in [-0.2, 0) is 0 Å². The van der Waals surface area contributed by atoms with Crippen LogP contribution in [0.3, 0.4) is 0 Å². The molecule has 1 atom stereocenters. The average molecular weight is 407 g/mol. The topological polar surface area (TPSA) is 24.7 Å². The van der Waals surface area contributed by atoms with Crippen LogP contribution in [-0.4, -0.2) is 17.4 Å². The van der Waals surface area contributed by atoms with E-state index >= 15 is 0 Å². The van der Waals surface area contributed by atoms with Gasteiger partial charge in [0.1, 0.15) is 5.17 Å². The average Bonchev–Trinajstić information content (AvgIpc) is 2.61. The molecule has 0 aliphatic carbocycles. The highest BCUT2D eigenvalue weighted by Gasteiger charge is 2.14. The van der Waals surface area contributed by atoms with Crippen molar-refractivity contribution < 1.29 is 0 Å². The van der Waals surface area contributed by atoms with E-state index in [1.54, 1.807) is 6.21 Å². The molecular formula is C23H32Cl2N2. The van der Waals surface area contributed by atoms with E-state index in [9.17, 15) is 0 Å². The second-order valence-corrected chi connectivity index (χ2v) is 6.98. The number of halogens is 2. The van der Waals surface area contributed by atoms with Crippen LogP contribution in [0, 0.1) is 6.92 Å². The largest absolute Gasteiger partial charge is 0.263 e. The lowest BCUT2D eigenvalue weighted by atomic mass is 10.0. The Bertz CT molecular complexity index is 728. The van der Waals surface area contributed by atoms with Crippen molar-refractivity contribution in [2.24, 2.45) is 9.98 Å². The van der Waals surface area contributed by atoms with Gasteiger partial charge >= 0.3 is 0 Å². The Morgan fingerprint density at radius 2 is 1.59 bits per heavy atom. The van der Waals surface area contributed by atoms with Crippen molar-refractivity contribution in [1.82, 2.24) is 0 Å². The summed E-state index contributed by atoms with van der Waals surface area (Å²) in [6.07, 6.45) is 5.59. The molecule has 0 saturated heterocycles. The van der Waals surface area contributed by atoms with Crippen molar-refractivity contribution in [3.8, 4) is 0 Å². The molecule has 0 bridgehead atoms. The minimum absolute atomic E-state index is 0.171. The Morgan fingerprint density at radius 3 is 2.04 bits per heavy atom. The van der Waals surface area contributed by atoms with Gasteiger partial charge in [-0.05, 0) is 53.2 Å². The van der Waals surface area contributed by atoms with Crippen LogP contribution in [0.2, 0.25) is 0 Å². The fraction of sp³-hybridized carbons (Fsp3) is 0.391. The summed E-state index contributed by atoms with van der Waals surface area (Å²) in [5, 5.41) is 1.00. The number of aryl methyl sites for hydroxylation is 1. The molecule has 1 unspecified atom stereocenters. The number of hydrogen-bond donors (Lipinski definition) is 0. The molecule has 0 fully saturated rings. The third-order valence-electron chi connectivity index (χ3n) is 3.60. The Balaban J connectivity index is 0.00000326. The van der Waals surface area contributed by atoms with Gasteiger partial charge in [-0.3, -0.25) is 9.98 Å². The number of nitrogens with zero attached hydrogens (tertiary/aromatic N) is 2. The van der Waals surface area contributed by atoms with E-state index < -0.39 is 0 Å². The van der Waals surface area contributed by atoms with Crippen molar-refractivity contribution in [2.45, 2.75) is 61.4 Å². The van der Waals surface area contributed by atoms with Crippen molar-refractivity contribution >= 4 is 40.2 Å². The highest BCUT2D eigenvalue weighted by Crippen LogP contribution is 2.26. The maximum absolute atomic E-state index is 6.54. The summed E-state index contributed by atoms with van der Waals surface area (Å²) in [7, 11) is 0. The maximum Gasteiger partial charge on any atom is 0.133 e. The smallest absolute Gasteiger partial charge is 0.133 e. The number of benzene rings is 1. The molecule has 27 heavy (non-hydrogen) atoms. The van der Waals surface area contributed by atoms with Gasteiger partial charge in [0.15, 0.2) is 0 Å². The molecule has 0 radical (unpaired) electrons. The Hall–Kier alpha value is -1.64. The van der Waals surface area contributed by atoms with Crippen molar-refractivity contribution in [1.29, 1.82) is 0 Å². The molecule has 0 saturated carbocycles. The van der Waals surface area contributed by atoms with Gasteiger partial charge in [-0.2, -0.15) is 0 Å². The second-order valence-electron chi connectivity index (χ2n) is 6.06. The third-order valence-corrected chi connectivity index (χ3v) is 4.07. The Labute approximate surface area is 175 Å². The molecule has 0 aromatic heterocycles. The molecule has 0 aliphatic heterocycles. The highest BCUT2D eigenvalue weighted by atomic mass is 35.5. The molecule has 1 aromatic rings. The summed E-state index contributed by atoms with van der Waals surface area (Å²) >= 11 is 12.8. The van der Waals surface area contributed by atoms with Crippen LogP contribution in [0.5, 0.6) is 0 Å². The van der Waals surface area contributed by atoms with Crippen LogP contribution in [0.25, 0.3) is 5.57 Å². The van der Waals surface area contributed by atoms with E-state index in [1.165, 1.54) is 5.56 Å². The van der Waals surface area contributed by atoms with E-state index in [0.717, 1.165) is 22.4 Å². The second kappa shape index (κ2) is 13.5. The van der Waals surface area contributed by atoms with Crippen LogP contribution in [0.15, 0.2) is 62.7 Å². The standard InChI is InChI=1S/C21H26Cl2N2.C2H6/c1-7-8-13-24-20(14(2)3)17(6)25-21(23)19(16(5)22)18-11-9-15(4)10-12-18;1-2/h7-13,17H,1-6H3;1-2H3/b8-7-,19-16+,24-13?,25-21?;. The SMILES string of the molecule is C/C=C\C=NC(=C(C)C)C(C)N=C(Cl)/C(=C(\C)Cl)c1ccc(C)cc1.CC. The zero-order valence-corrected chi connectivity index (χ0v) is 19.3. The fourth-order valence-corrected chi connectivity index (χ4v) is 2.98. The molecule has 0 N–H and O–H groups in total. The molecule has 148 valence electrons. The number of hydrogen-bond acceptors (Lipinski definition) is 2. The summed E-state index contributed by atoms with van der Waals surface area (Å²) < 4.78 is 0. The number of rotatable bonds is 6. The van der Waals surface area contributed by atoms with Gasteiger partial charge < -0.3 is 0 Å². The first-order valence-corrected chi connectivity index (χ1v) is 10.0. The molecular weight excluding hydrogens is 375 g/mol. The number of allylic oxidation sites excluding steroid dienone is 5. The summed E-state index contributed by atoms with van der Waals surface area (Å²) in [6.45, 7) is 15.8. The lowest BCUT2D eigenvalue weighted by Gasteiger charge is -2.13. The molecule has 0 aliphatic rings. The monoisotopic (exact) mass is 406 g/mol. The van der Waals surface area contributed by atoms with Crippen LogP contribution in [0.1, 0.15) is 59.6 Å². The Morgan fingerprint density at radius 1 is 1.04 bits per heavy atom. The molecule has 1 aromatic carbocycles. The number of aliphatic imine (C=N–C) groups is 2. The normalized spacial score (nSPS) is 13.9. The lowest BCUT2D eigenvalue weighted by molar-refractivity contribution is 0.838. The zero-order chi connectivity index (χ0) is 21.0. The van der Waals surface area contributed by atoms with Crippen molar-refractivity contribution in [3.05, 3.63) is 63.8 Å². The first-order valence-electron chi connectivity index (χ1n) is 9.27. The first-order chi connectivity index (χ1) is 12.8. The van der Waals surface area contributed by atoms with Gasteiger partial charge in [-0.1, -0.05) is 78.5 Å². The third kappa shape index (κ3) is 8.73. The van der Waals surface area contributed by atoms with Crippen molar-refractivity contribution in [2.75, 3.05) is 0 Å². The summed E-state index contributed by atoms with van der Waals surface area (Å²) in [4.78, 5) is 9.15. The molecule has 0 amide bonds. The van der Waals surface area contributed by atoms with E-state index in [1.807, 2.05) is 91.8 Å². The minimum Gasteiger partial charge on any atom is -0.263 e. The van der Waals surface area contributed by atoms with Crippen molar-refractivity contribution in [3.63, 3.8) is 0 Å². The first kappa shape index (κ1) is 25.4. The molecule has 1 rings (SSSR count). The Kier molecular flexibility index (Phi) is 12.7. The van der Waals surface area contributed by atoms with E-state index in [-0.39, 0.29) is 6.04 Å². The van der Waals surface area contributed by atoms with E-state index in [4.69, 9.17) is 23.2 Å². The van der Waals surface area contributed by atoms with Gasteiger partial charge in [0.2, 0.25) is 0 Å². The quantitative estimate of drug-likeness (QED) is 0.427. The fourth-order valence-electron chi connectivity index (χ4n) is 2.34. The van der Waals surface area contributed by atoms with Crippen LogP contribution in [0.4, 0.5) is 0 Å². The maximum atomic E-state index is 6.54. The molecule has 0 heterocycles. The predicted molar refractivity (Wildman–Crippen MR) is 125 cm³/mol. The van der Waals surface area contributed by atoms with Crippen LogP contribution < -0.4 is 0 Å². The summed E-state index contributed by atoms with van der Waals surface area (Å²) in [6, 6.07) is 7.91. The van der Waals surface area contributed by atoms with E-state index in [2.05, 4.69) is 9.98 Å². The molecule has 4 heteroatoms. The molecule has 0 spiro atoms. The zero-order valence-electron chi connectivity index (χ0n) is 17.8. The lowest BCUT2D eigenvalue weighted by Crippen LogP contribution is -2.07. The van der Waals surface area contributed by atoms with Gasteiger partial charge in [0.25, 0.3) is 0 Å². The predicted octanol–water partition coefficient (Wildman–Crippen LogP) is 7.96. The minimum atomic E-state index is -0.171. The van der Waals surface area contributed by atoms with E-state index in [0.29, 0.717) is 10.2 Å². The van der Waals surface area contributed by atoms with Gasteiger partial charge in [-0.25, -0.2) is 0 Å².